The molecule has 0 spiro atoms. The molecular weight excluding hydrogens is 298 g/mol. The van der Waals surface area contributed by atoms with E-state index < -0.39 is 17.8 Å². The van der Waals surface area contributed by atoms with Crippen molar-refractivity contribution in [1.29, 1.82) is 0 Å². The van der Waals surface area contributed by atoms with E-state index in [0.29, 0.717) is 11.3 Å². The average Bonchev–Trinajstić information content (AvgIpc) is 2.13. The number of aliphatic hydroxyl groups excluding tert-OH is 1. The van der Waals surface area contributed by atoms with Gasteiger partial charge < -0.3 is 9.84 Å². The molecule has 0 heterocycles. The number of nitrogens with one attached hydrogen (secondary N) is 1. The molecule has 1 amide bonds. The zero-order chi connectivity index (χ0) is 13.9. The smallest absolute Gasteiger partial charge is 0.412 e. The fourth-order valence-electron chi connectivity index (χ4n) is 1.41. The number of carbonyl (C=O) groups excluding carboxylic acids is 1. The zero-order valence-electron chi connectivity index (χ0n) is 11.0. The highest BCUT2D eigenvalue weighted by Crippen LogP contribution is 2.27. The lowest BCUT2D eigenvalue weighted by molar-refractivity contribution is 0.0635. The molecule has 0 bridgehead atoms. The molecule has 0 unspecified atom stereocenters. The van der Waals surface area contributed by atoms with Gasteiger partial charge in [0.15, 0.2) is 0 Å². The van der Waals surface area contributed by atoms with E-state index in [4.69, 9.17) is 4.74 Å². The Bertz CT molecular complexity index is 438. The quantitative estimate of drug-likeness (QED) is 0.871. The van der Waals surface area contributed by atoms with Gasteiger partial charge in [-0.1, -0.05) is 22.0 Å². The van der Waals surface area contributed by atoms with Crippen molar-refractivity contribution in [2.45, 2.75) is 39.4 Å². The van der Waals surface area contributed by atoms with Crippen LogP contribution in [0.25, 0.3) is 0 Å². The summed E-state index contributed by atoms with van der Waals surface area (Å²) >= 11 is 3.32. The number of rotatable bonds is 2. The van der Waals surface area contributed by atoms with Gasteiger partial charge in [-0.3, -0.25) is 5.32 Å². The van der Waals surface area contributed by atoms with E-state index in [9.17, 15) is 9.90 Å². The highest BCUT2D eigenvalue weighted by Gasteiger charge is 2.18. The Balaban J connectivity index is 2.89. The second-order valence-electron chi connectivity index (χ2n) is 5.03. The molecule has 4 nitrogen and oxygen atoms in total. The van der Waals surface area contributed by atoms with Gasteiger partial charge in [0.2, 0.25) is 0 Å². The lowest BCUT2D eigenvalue weighted by Crippen LogP contribution is -2.27. The minimum Gasteiger partial charge on any atom is -0.444 e. The van der Waals surface area contributed by atoms with E-state index in [0.717, 1.165) is 4.47 Å². The van der Waals surface area contributed by atoms with Crippen LogP contribution in [0, 0.1) is 0 Å². The SMILES string of the molecule is C[C@@H](O)c1ccc(Br)cc1NC(=O)OC(C)(C)C. The maximum Gasteiger partial charge on any atom is 0.412 e. The fraction of sp³-hybridized carbons (Fsp3) is 0.462. The first-order valence-electron chi connectivity index (χ1n) is 5.66. The standard InChI is InChI=1S/C13H18BrNO3/c1-8(16)10-6-5-9(14)7-11(10)15-12(17)18-13(2,3)4/h5-8,16H,1-4H3,(H,15,17)/t8-/m1/s1. The van der Waals surface area contributed by atoms with Crippen molar-refractivity contribution in [3.05, 3.63) is 28.2 Å². The Morgan fingerprint density at radius 3 is 2.56 bits per heavy atom. The third-order valence-electron chi connectivity index (χ3n) is 2.10. The molecule has 2 N–H and O–H groups in total. The minimum absolute atomic E-state index is 0.536. The van der Waals surface area contributed by atoms with Crippen molar-refractivity contribution in [2.24, 2.45) is 0 Å². The maximum absolute atomic E-state index is 11.7. The van der Waals surface area contributed by atoms with Gasteiger partial charge in [-0.15, -0.1) is 0 Å². The zero-order valence-corrected chi connectivity index (χ0v) is 12.5. The monoisotopic (exact) mass is 315 g/mol. The summed E-state index contributed by atoms with van der Waals surface area (Å²) in [6.07, 6.45) is -1.20. The number of hydrogen-bond acceptors (Lipinski definition) is 3. The van der Waals surface area contributed by atoms with Gasteiger partial charge in [0.05, 0.1) is 11.8 Å². The molecule has 0 aliphatic heterocycles. The van der Waals surface area contributed by atoms with Gasteiger partial charge in [-0.2, -0.15) is 0 Å². The number of halogens is 1. The summed E-state index contributed by atoms with van der Waals surface area (Å²) in [6, 6.07) is 5.29. The van der Waals surface area contributed by atoms with Gasteiger partial charge in [-0.25, -0.2) is 4.79 Å². The first-order chi connectivity index (χ1) is 8.19. The number of hydrogen-bond donors (Lipinski definition) is 2. The first kappa shape index (κ1) is 15.0. The van der Waals surface area contributed by atoms with E-state index in [-0.39, 0.29) is 0 Å². The summed E-state index contributed by atoms with van der Waals surface area (Å²) in [6.45, 7) is 7.03. The van der Waals surface area contributed by atoms with Gasteiger partial charge >= 0.3 is 6.09 Å². The summed E-state index contributed by atoms with van der Waals surface area (Å²) < 4.78 is 5.99. The molecule has 0 aliphatic rings. The Morgan fingerprint density at radius 2 is 2.06 bits per heavy atom. The first-order valence-corrected chi connectivity index (χ1v) is 6.46. The summed E-state index contributed by atoms with van der Waals surface area (Å²) in [5, 5.41) is 12.3. The van der Waals surface area contributed by atoms with E-state index in [1.165, 1.54) is 0 Å². The van der Waals surface area contributed by atoms with Crippen LogP contribution < -0.4 is 5.32 Å². The average molecular weight is 316 g/mol. The number of anilines is 1. The second-order valence-corrected chi connectivity index (χ2v) is 5.95. The van der Waals surface area contributed by atoms with E-state index >= 15 is 0 Å². The molecule has 1 rings (SSSR count). The number of ether oxygens (including phenoxy) is 1. The topological polar surface area (TPSA) is 58.6 Å². The van der Waals surface area contributed by atoms with E-state index in [1.54, 1.807) is 39.8 Å². The number of benzene rings is 1. The van der Waals surface area contributed by atoms with Crippen LogP contribution in [0.4, 0.5) is 10.5 Å². The largest absolute Gasteiger partial charge is 0.444 e. The maximum atomic E-state index is 11.7. The molecule has 1 aromatic rings. The fourth-order valence-corrected chi connectivity index (χ4v) is 1.78. The summed E-state index contributed by atoms with van der Waals surface area (Å²) in [4.78, 5) is 11.7. The predicted octanol–water partition coefficient (Wildman–Crippen LogP) is 3.85. The molecule has 0 saturated carbocycles. The molecule has 1 aromatic carbocycles. The normalized spacial score (nSPS) is 13.0. The van der Waals surface area contributed by atoms with Crippen molar-refractivity contribution in [3.8, 4) is 0 Å². The number of carbonyl (C=O) groups is 1. The molecule has 5 heteroatoms. The highest BCUT2D eigenvalue weighted by molar-refractivity contribution is 9.10. The molecule has 0 saturated heterocycles. The van der Waals surface area contributed by atoms with Gasteiger partial charge in [0.1, 0.15) is 5.60 Å². The van der Waals surface area contributed by atoms with Crippen LogP contribution in [-0.4, -0.2) is 16.8 Å². The Labute approximate surface area is 115 Å². The molecule has 0 radical (unpaired) electrons. The Hall–Kier alpha value is -1.07. The molecule has 0 fully saturated rings. The van der Waals surface area contributed by atoms with E-state index in [1.807, 2.05) is 6.07 Å². The van der Waals surface area contributed by atoms with Crippen molar-refractivity contribution in [3.63, 3.8) is 0 Å². The van der Waals surface area contributed by atoms with Crippen LogP contribution in [0.1, 0.15) is 39.4 Å². The Kier molecular flexibility index (Phi) is 4.76. The number of amides is 1. The number of aliphatic hydroxyl groups is 1. The summed E-state index contributed by atoms with van der Waals surface area (Å²) in [5.74, 6) is 0. The third kappa shape index (κ3) is 4.66. The lowest BCUT2D eigenvalue weighted by Gasteiger charge is -2.21. The van der Waals surface area contributed by atoms with Gasteiger partial charge in [-0.05, 0) is 39.8 Å². The molecule has 1 atom stereocenters. The molecule has 0 aliphatic carbocycles. The van der Waals surface area contributed by atoms with Gasteiger partial charge in [0.25, 0.3) is 0 Å². The van der Waals surface area contributed by atoms with Crippen LogP contribution in [0.5, 0.6) is 0 Å². The molecule has 100 valence electrons. The van der Waals surface area contributed by atoms with Crippen molar-refractivity contribution >= 4 is 27.7 Å². The third-order valence-corrected chi connectivity index (χ3v) is 2.59. The van der Waals surface area contributed by atoms with Crippen LogP contribution >= 0.6 is 15.9 Å². The van der Waals surface area contributed by atoms with Crippen LogP contribution in [0.3, 0.4) is 0 Å². The van der Waals surface area contributed by atoms with E-state index in [2.05, 4.69) is 21.2 Å². The van der Waals surface area contributed by atoms with Crippen LogP contribution in [-0.2, 0) is 4.74 Å². The van der Waals surface area contributed by atoms with Crippen molar-refractivity contribution < 1.29 is 14.6 Å². The van der Waals surface area contributed by atoms with Gasteiger partial charge in [0, 0.05) is 10.0 Å². The van der Waals surface area contributed by atoms with Crippen LogP contribution in [0.2, 0.25) is 0 Å². The highest BCUT2D eigenvalue weighted by atomic mass is 79.9. The van der Waals surface area contributed by atoms with Crippen molar-refractivity contribution in [1.82, 2.24) is 0 Å². The summed E-state index contributed by atoms with van der Waals surface area (Å²) in [5.41, 5.74) is 0.624. The minimum atomic E-state index is -0.664. The predicted molar refractivity (Wildman–Crippen MR) is 74.6 cm³/mol. The molecular formula is C13H18BrNO3. The van der Waals surface area contributed by atoms with Crippen molar-refractivity contribution in [2.75, 3.05) is 5.32 Å². The molecule has 0 aromatic heterocycles. The lowest BCUT2D eigenvalue weighted by atomic mass is 10.1. The molecule has 18 heavy (non-hydrogen) atoms. The summed E-state index contributed by atoms with van der Waals surface area (Å²) in [7, 11) is 0. The van der Waals surface area contributed by atoms with Crippen LogP contribution in [0.15, 0.2) is 22.7 Å². The second kappa shape index (κ2) is 5.71. The Morgan fingerprint density at radius 1 is 1.44 bits per heavy atom.